The number of fused-ring (bicyclic) bond motifs is 1. The minimum atomic E-state index is 0.152. The number of piperidine rings is 1. The van der Waals surface area contributed by atoms with Gasteiger partial charge < -0.3 is 4.90 Å². The van der Waals surface area contributed by atoms with E-state index in [2.05, 4.69) is 65.3 Å². The number of carbonyl (C=O) groups excluding carboxylic acids is 1. The van der Waals surface area contributed by atoms with Gasteiger partial charge in [-0.25, -0.2) is 0 Å². The van der Waals surface area contributed by atoms with E-state index in [9.17, 15) is 4.79 Å². The number of hydrogen-bond acceptors (Lipinski definition) is 2. The Hall–Kier alpha value is -2.13. The Bertz CT molecular complexity index is 768. The zero-order valence-corrected chi connectivity index (χ0v) is 15.7. The molecule has 0 aromatic heterocycles. The van der Waals surface area contributed by atoms with Crippen LogP contribution in [0.15, 0.2) is 48.5 Å². The molecule has 0 bridgehead atoms. The zero-order valence-electron chi connectivity index (χ0n) is 15.7. The maximum absolute atomic E-state index is 13.1. The van der Waals surface area contributed by atoms with Crippen LogP contribution in [0, 0.1) is 12.8 Å². The molecule has 2 aliphatic heterocycles. The maximum Gasteiger partial charge on any atom is 0.227 e. The van der Waals surface area contributed by atoms with Crippen molar-refractivity contribution in [1.29, 1.82) is 0 Å². The summed E-state index contributed by atoms with van der Waals surface area (Å²) in [6.45, 7) is 6.71. The second kappa shape index (κ2) is 7.63. The van der Waals surface area contributed by atoms with E-state index < -0.39 is 0 Å². The summed E-state index contributed by atoms with van der Waals surface area (Å²) in [6.07, 6.45) is 3.13. The van der Waals surface area contributed by atoms with Gasteiger partial charge in [0, 0.05) is 26.2 Å². The Morgan fingerprint density at radius 2 is 1.81 bits per heavy atom. The van der Waals surface area contributed by atoms with Gasteiger partial charge in [0.05, 0.1) is 5.92 Å². The Balaban J connectivity index is 1.38. The highest BCUT2D eigenvalue weighted by atomic mass is 16.2. The molecule has 136 valence electrons. The highest BCUT2D eigenvalue weighted by Crippen LogP contribution is 2.25. The predicted octanol–water partition coefficient (Wildman–Crippen LogP) is 3.79. The molecule has 2 aliphatic rings. The number of rotatable bonds is 3. The molecule has 0 unspecified atom stereocenters. The fourth-order valence-corrected chi connectivity index (χ4v) is 4.29. The van der Waals surface area contributed by atoms with Crippen LogP contribution in [0.5, 0.6) is 0 Å². The summed E-state index contributed by atoms with van der Waals surface area (Å²) < 4.78 is 0. The van der Waals surface area contributed by atoms with Gasteiger partial charge in [-0.1, -0.05) is 54.1 Å². The molecule has 1 amide bonds. The van der Waals surface area contributed by atoms with Crippen LogP contribution in [0.3, 0.4) is 0 Å². The lowest BCUT2D eigenvalue weighted by atomic mass is 9.93. The predicted molar refractivity (Wildman–Crippen MR) is 105 cm³/mol. The molecule has 0 aliphatic carbocycles. The highest BCUT2D eigenvalue weighted by Gasteiger charge is 2.30. The Labute approximate surface area is 156 Å². The fourth-order valence-electron chi connectivity index (χ4n) is 4.29. The number of carbonyl (C=O) groups is 1. The van der Waals surface area contributed by atoms with Crippen LogP contribution in [-0.2, 0) is 24.3 Å². The summed E-state index contributed by atoms with van der Waals surface area (Å²) >= 11 is 0. The lowest BCUT2D eigenvalue weighted by Crippen LogP contribution is -2.46. The number of amides is 1. The normalized spacial score (nSPS) is 20.7. The maximum atomic E-state index is 13.1. The van der Waals surface area contributed by atoms with Crippen LogP contribution < -0.4 is 0 Å². The van der Waals surface area contributed by atoms with E-state index in [0.717, 1.165) is 52.0 Å². The van der Waals surface area contributed by atoms with Crippen molar-refractivity contribution in [2.75, 3.05) is 19.6 Å². The molecule has 1 fully saturated rings. The number of aryl methyl sites for hydroxylation is 1. The summed E-state index contributed by atoms with van der Waals surface area (Å²) in [7, 11) is 0. The minimum Gasteiger partial charge on any atom is -0.338 e. The Morgan fingerprint density at radius 1 is 1.04 bits per heavy atom. The van der Waals surface area contributed by atoms with Crippen molar-refractivity contribution in [3.05, 3.63) is 70.8 Å². The van der Waals surface area contributed by atoms with Gasteiger partial charge >= 0.3 is 0 Å². The van der Waals surface area contributed by atoms with Gasteiger partial charge in [-0.3, -0.25) is 9.69 Å². The average molecular weight is 348 g/mol. The van der Waals surface area contributed by atoms with Gasteiger partial charge in [-0.15, -0.1) is 0 Å². The zero-order chi connectivity index (χ0) is 17.9. The van der Waals surface area contributed by atoms with Crippen LogP contribution in [0.1, 0.15) is 35.1 Å². The van der Waals surface area contributed by atoms with E-state index in [1.165, 1.54) is 22.3 Å². The molecule has 1 atom stereocenters. The first-order chi connectivity index (χ1) is 12.7. The van der Waals surface area contributed by atoms with Gasteiger partial charge in [0.1, 0.15) is 0 Å². The molecule has 0 N–H and O–H groups in total. The van der Waals surface area contributed by atoms with E-state index in [4.69, 9.17) is 0 Å². The molecule has 2 heterocycles. The van der Waals surface area contributed by atoms with Gasteiger partial charge in [-0.05, 0) is 49.4 Å². The molecule has 2 aromatic rings. The van der Waals surface area contributed by atoms with Crippen molar-refractivity contribution in [3.8, 4) is 0 Å². The molecule has 26 heavy (non-hydrogen) atoms. The van der Waals surface area contributed by atoms with E-state index in [0.29, 0.717) is 5.91 Å². The summed E-state index contributed by atoms with van der Waals surface area (Å²) in [5.74, 6) is 0.507. The summed E-state index contributed by atoms with van der Waals surface area (Å²) in [6, 6.07) is 17.3. The quantitative estimate of drug-likeness (QED) is 0.842. The molecule has 1 saturated heterocycles. The molecule has 4 rings (SSSR count). The lowest BCUT2D eigenvalue weighted by Gasteiger charge is -2.36. The number of benzene rings is 2. The van der Waals surface area contributed by atoms with Crippen molar-refractivity contribution < 1.29 is 4.79 Å². The molecule has 2 aromatic carbocycles. The van der Waals surface area contributed by atoms with E-state index in [-0.39, 0.29) is 5.92 Å². The highest BCUT2D eigenvalue weighted by molar-refractivity contribution is 5.79. The molecule has 0 radical (unpaired) electrons. The van der Waals surface area contributed by atoms with Crippen LogP contribution in [-0.4, -0.2) is 35.3 Å². The van der Waals surface area contributed by atoms with E-state index in [1.54, 1.807) is 0 Å². The third-order valence-corrected chi connectivity index (χ3v) is 5.82. The van der Waals surface area contributed by atoms with Crippen LogP contribution in [0.25, 0.3) is 0 Å². The summed E-state index contributed by atoms with van der Waals surface area (Å²) in [5.41, 5.74) is 5.36. The van der Waals surface area contributed by atoms with Gasteiger partial charge in [0.15, 0.2) is 0 Å². The van der Waals surface area contributed by atoms with E-state index >= 15 is 0 Å². The SMILES string of the molecule is Cc1ccc(CN2CCC[C@H](C(=O)N3CCc4ccccc4C3)C2)cc1. The first-order valence-corrected chi connectivity index (χ1v) is 9.82. The molecule has 3 heteroatoms. The first-order valence-electron chi connectivity index (χ1n) is 9.82. The van der Waals surface area contributed by atoms with Crippen LogP contribution >= 0.6 is 0 Å². The van der Waals surface area contributed by atoms with Crippen molar-refractivity contribution >= 4 is 5.91 Å². The fraction of sp³-hybridized carbons (Fsp3) is 0.435. The van der Waals surface area contributed by atoms with Crippen molar-refractivity contribution in [3.63, 3.8) is 0 Å². The van der Waals surface area contributed by atoms with Crippen molar-refractivity contribution in [2.45, 2.75) is 39.3 Å². The third-order valence-electron chi connectivity index (χ3n) is 5.82. The Kier molecular flexibility index (Phi) is 5.07. The third kappa shape index (κ3) is 3.83. The standard InChI is InChI=1S/C23H28N2O/c1-18-8-10-19(11-9-18)15-24-13-4-7-22(16-24)23(26)25-14-12-20-5-2-3-6-21(20)17-25/h2-3,5-6,8-11,22H,4,7,12-17H2,1H3/t22-/m0/s1. The van der Waals surface area contributed by atoms with Crippen LogP contribution in [0.4, 0.5) is 0 Å². The topological polar surface area (TPSA) is 23.6 Å². The van der Waals surface area contributed by atoms with Gasteiger partial charge in [0.2, 0.25) is 5.91 Å². The second-order valence-electron chi connectivity index (χ2n) is 7.84. The van der Waals surface area contributed by atoms with Gasteiger partial charge in [0.25, 0.3) is 0 Å². The Morgan fingerprint density at radius 3 is 2.62 bits per heavy atom. The molecule has 3 nitrogen and oxygen atoms in total. The second-order valence-corrected chi connectivity index (χ2v) is 7.84. The number of nitrogens with zero attached hydrogens (tertiary/aromatic N) is 2. The monoisotopic (exact) mass is 348 g/mol. The average Bonchev–Trinajstić information content (AvgIpc) is 2.69. The smallest absolute Gasteiger partial charge is 0.227 e. The summed E-state index contributed by atoms with van der Waals surface area (Å²) in [4.78, 5) is 17.6. The van der Waals surface area contributed by atoms with Crippen molar-refractivity contribution in [2.24, 2.45) is 5.92 Å². The molecular weight excluding hydrogens is 320 g/mol. The van der Waals surface area contributed by atoms with Crippen molar-refractivity contribution in [1.82, 2.24) is 9.80 Å². The number of hydrogen-bond donors (Lipinski definition) is 0. The summed E-state index contributed by atoms with van der Waals surface area (Å²) in [5, 5.41) is 0. The largest absolute Gasteiger partial charge is 0.338 e. The lowest BCUT2D eigenvalue weighted by molar-refractivity contribution is -0.138. The molecule has 0 saturated carbocycles. The molecular formula is C23H28N2O. The van der Waals surface area contributed by atoms with Gasteiger partial charge in [-0.2, -0.15) is 0 Å². The molecule has 0 spiro atoms. The number of likely N-dealkylation sites (tertiary alicyclic amines) is 1. The minimum absolute atomic E-state index is 0.152. The van der Waals surface area contributed by atoms with Crippen LogP contribution in [0.2, 0.25) is 0 Å². The van der Waals surface area contributed by atoms with E-state index in [1.807, 2.05) is 0 Å². The first kappa shape index (κ1) is 17.3.